The minimum atomic E-state index is -0.432. The lowest BCUT2D eigenvalue weighted by Crippen LogP contribution is -2.32. The number of ether oxygens (including phenoxy) is 1. The molecule has 0 fully saturated rings. The number of anilines is 1. The number of nitrogens with one attached hydrogen (secondary N) is 1. The zero-order valence-electron chi connectivity index (χ0n) is 16.5. The van der Waals surface area contributed by atoms with Crippen molar-refractivity contribution >= 4 is 23.5 Å². The van der Waals surface area contributed by atoms with Crippen molar-refractivity contribution in [2.24, 2.45) is 0 Å². The van der Waals surface area contributed by atoms with E-state index in [4.69, 9.17) is 0 Å². The molecule has 0 aliphatic rings. The molecule has 0 unspecified atom stereocenters. The first-order valence-electron chi connectivity index (χ1n) is 9.39. The zero-order valence-corrected chi connectivity index (χ0v) is 16.5. The second kappa shape index (κ2) is 10.3. The summed E-state index contributed by atoms with van der Waals surface area (Å²) in [6, 6.07) is 13.1. The average Bonchev–Trinajstić information content (AvgIpc) is 2.73. The Balaban J connectivity index is 2.05. The maximum atomic E-state index is 12.6. The summed E-state index contributed by atoms with van der Waals surface area (Å²) in [6.45, 7) is 5.52. The number of hydrogen-bond acceptors (Lipinski definition) is 4. The Morgan fingerprint density at radius 2 is 1.32 bits per heavy atom. The van der Waals surface area contributed by atoms with Gasteiger partial charge in [-0.2, -0.15) is 0 Å². The molecule has 0 saturated carbocycles. The van der Waals surface area contributed by atoms with Crippen LogP contribution in [0.3, 0.4) is 0 Å². The Morgan fingerprint density at radius 1 is 0.821 bits per heavy atom. The van der Waals surface area contributed by atoms with Crippen LogP contribution in [-0.2, 0) is 4.74 Å². The third-order valence-electron chi connectivity index (χ3n) is 4.23. The minimum absolute atomic E-state index is 0.0194. The molecule has 1 N–H and O–H groups in total. The second-order valence-electron chi connectivity index (χ2n) is 6.39. The molecule has 0 aromatic heterocycles. The van der Waals surface area contributed by atoms with E-state index in [0.717, 1.165) is 25.9 Å². The van der Waals surface area contributed by atoms with Crippen LogP contribution in [0, 0.1) is 0 Å². The van der Waals surface area contributed by atoms with Crippen LogP contribution in [-0.4, -0.2) is 42.9 Å². The number of amides is 2. The van der Waals surface area contributed by atoms with Crippen LogP contribution in [0.1, 0.15) is 57.8 Å². The van der Waals surface area contributed by atoms with E-state index in [2.05, 4.69) is 10.1 Å². The van der Waals surface area contributed by atoms with E-state index in [0.29, 0.717) is 22.4 Å². The van der Waals surface area contributed by atoms with Gasteiger partial charge < -0.3 is 15.0 Å². The Morgan fingerprint density at radius 3 is 1.82 bits per heavy atom. The van der Waals surface area contributed by atoms with Gasteiger partial charge in [-0.15, -0.1) is 0 Å². The molecule has 28 heavy (non-hydrogen) atoms. The molecule has 0 heterocycles. The van der Waals surface area contributed by atoms with Gasteiger partial charge in [-0.3, -0.25) is 9.59 Å². The summed E-state index contributed by atoms with van der Waals surface area (Å²) < 4.78 is 4.65. The third-order valence-corrected chi connectivity index (χ3v) is 4.23. The van der Waals surface area contributed by atoms with Gasteiger partial charge in [0.25, 0.3) is 11.8 Å². The quantitative estimate of drug-likeness (QED) is 0.701. The molecule has 0 aliphatic carbocycles. The van der Waals surface area contributed by atoms with Crippen molar-refractivity contribution in [3.63, 3.8) is 0 Å². The van der Waals surface area contributed by atoms with Gasteiger partial charge in [0.15, 0.2) is 0 Å². The molecule has 6 heteroatoms. The monoisotopic (exact) mass is 382 g/mol. The Hall–Kier alpha value is -3.15. The fourth-order valence-corrected chi connectivity index (χ4v) is 2.81. The third kappa shape index (κ3) is 5.42. The van der Waals surface area contributed by atoms with Crippen LogP contribution in [0.4, 0.5) is 5.69 Å². The molecule has 0 aliphatic heterocycles. The van der Waals surface area contributed by atoms with Gasteiger partial charge in [0, 0.05) is 29.9 Å². The highest BCUT2D eigenvalue weighted by Gasteiger charge is 2.15. The van der Waals surface area contributed by atoms with Gasteiger partial charge in [-0.1, -0.05) is 13.8 Å². The number of carbonyl (C=O) groups is 3. The molecule has 6 nitrogen and oxygen atoms in total. The molecule has 0 saturated heterocycles. The van der Waals surface area contributed by atoms with Crippen molar-refractivity contribution < 1.29 is 19.1 Å². The fraction of sp³-hybridized carbons (Fsp3) is 0.318. The Kier molecular flexibility index (Phi) is 7.75. The lowest BCUT2D eigenvalue weighted by Gasteiger charge is -2.21. The normalized spacial score (nSPS) is 10.2. The molecular weight excluding hydrogens is 356 g/mol. The van der Waals surface area contributed by atoms with E-state index in [-0.39, 0.29) is 11.8 Å². The highest BCUT2D eigenvalue weighted by Crippen LogP contribution is 2.14. The maximum absolute atomic E-state index is 12.6. The molecule has 2 aromatic carbocycles. The second-order valence-corrected chi connectivity index (χ2v) is 6.39. The highest BCUT2D eigenvalue weighted by atomic mass is 16.5. The molecule has 0 atom stereocenters. The average molecular weight is 382 g/mol. The van der Waals surface area contributed by atoms with Crippen LogP contribution < -0.4 is 5.32 Å². The predicted octanol–water partition coefficient (Wildman–Crippen LogP) is 3.99. The standard InChI is InChI=1S/C22H26N2O4/c1-4-14-24(15-5-2)21(26)17-8-6-16(7-9-17)20(25)23-19-12-10-18(11-13-19)22(27)28-3/h6-13H,4-5,14-15H2,1-3H3,(H,23,25). The Labute approximate surface area is 165 Å². The van der Waals surface area contributed by atoms with E-state index in [1.807, 2.05) is 18.7 Å². The summed E-state index contributed by atoms with van der Waals surface area (Å²) in [4.78, 5) is 38.3. The minimum Gasteiger partial charge on any atom is -0.465 e. The molecule has 2 amide bonds. The number of benzene rings is 2. The van der Waals surface area contributed by atoms with Crippen LogP contribution in [0.5, 0.6) is 0 Å². The molecular formula is C22H26N2O4. The summed E-state index contributed by atoms with van der Waals surface area (Å²) >= 11 is 0. The first-order valence-corrected chi connectivity index (χ1v) is 9.39. The number of nitrogens with zero attached hydrogens (tertiary/aromatic N) is 1. The summed E-state index contributed by atoms with van der Waals surface area (Å²) in [5.41, 5.74) is 1.99. The fourth-order valence-electron chi connectivity index (χ4n) is 2.81. The van der Waals surface area contributed by atoms with E-state index in [9.17, 15) is 14.4 Å². The molecule has 148 valence electrons. The molecule has 0 radical (unpaired) electrons. The molecule has 0 bridgehead atoms. The zero-order chi connectivity index (χ0) is 20.5. The van der Waals surface area contributed by atoms with Gasteiger partial charge in [0.1, 0.15) is 0 Å². The van der Waals surface area contributed by atoms with Crippen LogP contribution in [0.2, 0.25) is 0 Å². The van der Waals surface area contributed by atoms with Gasteiger partial charge in [0.05, 0.1) is 12.7 Å². The van der Waals surface area contributed by atoms with Crippen LogP contribution in [0.15, 0.2) is 48.5 Å². The summed E-state index contributed by atoms with van der Waals surface area (Å²) in [5, 5.41) is 2.77. The van der Waals surface area contributed by atoms with Gasteiger partial charge in [0.2, 0.25) is 0 Å². The molecule has 2 aromatic rings. The number of carbonyl (C=O) groups excluding carboxylic acids is 3. The molecule has 0 spiro atoms. The van der Waals surface area contributed by atoms with Crippen molar-refractivity contribution in [1.29, 1.82) is 0 Å². The maximum Gasteiger partial charge on any atom is 0.337 e. The van der Waals surface area contributed by atoms with Crippen molar-refractivity contribution in [3.8, 4) is 0 Å². The van der Waals surface area contributed by atoms with E-state index < -0.39 is 5.97 Å². The highest BCUT2D eigenvalue weighted by molar-refractivity contribution is 6.05. The van der Waals surface area contributed by atoms with Crippen LogP contribution >= 0.6 is 0 Å². The first kappa shape index (κ1) is 21.2. The molecule has 2 rings (SSSR count). The topological polar surface area (TPSA) is 75.7 Å². The predicted molar refractivity (Wildman–Crippen MR) is 109 cm³/mol. The van der Waals surface area contributed by atoms with Crippen molar-refractivity contribution in [2.75, 3.05) is 25.5 Å². The van der Waals surface area contributed by atoms with Gasteiger partial charge in [-0.25, -0.2) is 4.79 Å². The number of methoxy groups -OCH3 is 1. The van der Waals surface area contributed by atoms with Gasteiger partial charge >= 0.3 is 5.97 Å². The number of esters is 1. The first-order chi connectivity index (χ1) is 13.5. The SMILES string of the molecule is CCCN(CCC)C(=O)c1ccc(C(=O)Nc2ccc(C(=O)OC)cc2)cc1. The van der Waals surface area contributed by atoms with Crippen LogP contribution in [0.25, 0.3) is 0 Å². The van der Waals surface area contributed by atoms with E-state index in [1.54, 1.807) is 48.5 Å². The summed E-state index contributed by atoms with van der Waals surface area (Å²) in [6.07, 6.45) is 1.81. The van der Waals surface area contributed by atoms with Crippen molar-refractivity contribution in [2.45, 2.75) is 26.7 Å². The lowest BCUT2D eigenvalue weighted by atomic mass is 10.1. The van der Waals surface area contributed by atoms with Crippen molar-refractivity contribution in [1.82, 2.24) is 4.90 Å². The lowest BCUT2D eigenvalue weighted by molar-refractivity contribution is 0.0600. The summed E-state index contributed by atoms with van der Waals surface area (Å²) in [5.74, 6) is -0.740. The number of rotatable bonds is 8. The van der Waals surface area contributed by atoms with Gasteiger partial charge in [-0.05, 0) is 61.4 Å². The van der Waals surface area contributed by atoms with Crippen molar-refractivity contribution in [3.05, 3.63) is 65.2 Å². The number of hydrogen-bond donors (Lipinski definition) is 1. The van der Waals surface area contributed by atoms with E-state index in [1.165, 1.54) is 7.11 Å². The largest absolute Gasteiger partial charge is 0.465 e. The summed E-state index contributed by atoms with van der Waals surface area (Å²) in [7, 11) is 1.32. The van der Waals surface area contributed by atoms with E-state index >= 15 is 0 Å². The smallest absolute Gasteiger partial charge is 0.337 e. The Bertz CT molecular complexity index is 807.